The minimum atomic E-state index is -0.136. The molecule has 0 radical (unpaired) electrons. The first-order valence-electron chi connectivity index (χ1n) is 10.1. The van der Waals surface area contributed by atoms with Crippen molar-refractivity contribution in [1.29, 1.82) is 0 Å². The van der Waals surface area contributed by atoms with Crippen LogP contribution in [0.3, 0.4) is 0 Å². The largest absolute Gasteiger partial charge is 0.368 e. The molecule has 2 aromatic heterocycles. The highest BCUT2D eigenvalue weighted by Crippen LogP contribution is 2.26. The number of rotatable bonds is 4. The molecule has 6 nitrogen and oxygen atoms in total. The molecule has 0 bridgehead atoms. The summed E-state index contributed by atoms with van der Waals surface area (Å²) < 4.78 is 1.75. The van der Waals surface area contributed by atoms with E-state index in [1.807, 2.05) is 77.0 Å². The molecule has 156 valence electrons. The average molecular weight is 450 g/mol. The van der Waals surface area contributed by atoms with Gasteiger partial charge in [0.25, 0.3) is 5.91 Å². The number of hydrogen-bond acceptors (Lipinski definition) is 5. The lowest BCUT2D eigenvalue weighted by molar-refractivity contribution is 0.0734. The normalized spacial score (nSPS) is 14.1. The summed E-state index contributed by atoms with van der Waals surface area (Å²) in [6.45, 7) is 2.75. The Morgan fingerprint density at radius 2 is 1.61 bits per heavy atom. The number of para-hydroxylation sites is 1. The summed E-state index contributed by atoms with van der Waals surface area (Å²) in [6.07, 6.45) is 0. The Morgan fingerprint density at radius 1 is 0.871 bits per heavy atom. The third-order valence-electron chi connectivity index (χ3n) is 5.30. The minimum absolute atomic E-state index is 0.136. The van der Waals surface area contributed by atoms with Crippen molar-refractivity contribution in [3.05, 3.63) is 83.0 Å². The predicted molar refractivity (Wildman–Crippen MR) is 124 cm³/mol. The number of benzene rings is 2. The van der Waals surface area contributed by atoms with Gasteiger partial charge in [-0.2, -0.15) is 0 Å². The second kappa shape index (κ2) is 8.53. The first-order chi connectivity index (χ1) is 15.2. The van der Waals surface area contributed by atoms with Crippen LogP contribution in [0.2, 0.25) is 5.02 Å². The molecule has 4 aromatic rings. The molecule has 1 amide bonds. The van der Waals surface area contributed by atoms with E-state index < -0.39 is 0 Å². The van der Waals surface area contributed by atoms with E-state index in [2.05, 4.69) is 15.0 Å². The number of thiophene rings is 1. The monoisotopic (exact) mass is 449 g/mol. The van der Waals surface area contributed by atoms with Crippen LogP contribution in [0, 0.1) is 0 Å². The highest BCUT2D eigenvalue weighted by Gasteiger charge is 2.27. The molecule has 0 unspecified atom stereocenters. The summed E-state index contributed by atoms with van der Waals surface area (Å²) >= 11 is 7.57. The van der Waals surface area contributed by atoms with Gasteiger partial charge in [-0.1, -0.05) is 35.9 Å². The second-order valence-electron chi connectivity index (χ2n) is 7.24. The van der Waals surface area contributed by atoms with Gasteiger partial charge in [0.2, 0.25) is 5.82 Å². The first-order valence-corrected chi connectivity index (χ1v) is 11.3. The van der Waals surface area contributed by atoms with Gasteiger partial charge in [0.1, 0.15) is 0 Å². The Balaban J connectivity index is 1.37. The quantitative estimate of drug-likeness (QED) is 0.456. The molecule has 1 aliphatic heterocycles. The lowest BCUT2D eigenvalue weighted by Gasteiger charge is -2.35. The molecule has 1 aliphatic rings. The Bertz CT molecular complexity index is 1170. The second-order valence-corrected chi connectivity index (χ2v) is 8.62. The maximum Gasteiger partial charge on any atom is 0.293 e. The number of piperazine rings is 1. The van der Waals surface area contributed by atoms with E-state index in [-0.39, 0.29) is 11.7 Å². The molecule has 0 saturated carbocycles. The predicted octanol–water partition coefficient (Wildman–Crippen LogP) is 4.61. The molecule has 0 atom stereocenters. The number of anilines is 1. The molecule has 0 N–H and O–H groups in total. The van der Waals surface area contributed by atoms with E-state index in [4.69, 9.17) is 11.6 Å². The van der Waals surface area contributed by atoms with Crippen LogP contribution in [0.25, 0.3) is 16.4 Å². The minimum Gasteiger partial charge on any atom is -0.368 e. The highest BCUT2D eigenvalue weighted by molar-refractivity contribution is 7.13. The van der Waals surface area contributed by atoms with Gasteiger partial charge in [0, 0.05) is 36.9 Å². The fourth-order valence-corrected chi connectivity index (χ4v) is 4.50. The van der Waals surface area contributed by atoms with E-state index in [1.165, 1.54) is 0 Å². The van der Waals surface area contributed by atoms with Crippen molar-refractivity contribution in [1.82, 2.24) is 19.7 Å². The van der Waals surface area contributed by atoms with Crippen LogP contribution in [0.5, 0.6) is 0 Å². The Kier molecular flexibility index (Phi) is 5.44. The fraction of sp³-hybridized carbons (Fsp3) is 0.174. The molecule has 8 heteroatoms. The third-order valence-corrected chi connectivity index (χ3v) is 6.42. The SMILES string of the molecule is O=C(c1nc(-c2cccs2)n(-c2ccccc2)n1)N1CCN(c2ccc(Cl)cc2)CC1. The summed E-state index contributed by atoms with van der Waals surface area (Å²) in [5.74, 6) is 0.778. The molecular weight excluding hydrogens is 430 g/mol. The van der Waals surface area contributed by atoms with Gasteiger partial charge in [0.05, 0.1) is 10.6 Å². The van der Waals surface area contributed by atoms with Gasteiger partial charge < -0.3 is 9.80 Å². The molecule has 1 saturated heterocycles. The molecule has 1 fully saturated rings. The van der Waals surface area contributed by atoms with Gasteiger partial charge in [0.15, 0.2) is 5.82 Å². The molecule has 5 rings (SSSR count). The van der Waals surface area contributed by atoms with Crippen LogP contribution in [0.15, 0.2) is 72.1 Å². The molecule has 0 spiro atoms. The van der Waals surface area contributed by atoms with Crippen molar-refractivity contribution in [2.24, 2.45) is 0 Å². The number of nitrogens with zero attached hydrogens (tertiary/aromatic N) is 5. The lowest BCUT2D eigenvalue weighted by atomic mass is 10.2. The van der Waals surface area contributed by atoms with Gasteiger partial charge in [-0.15, -0.1) is 16.4 Å². The first kappa shape index (κ1) is 19.8. The van der Waals surface area contributed by atoms with Crippen LogP contribution in [-0.4, -0.2) is 51.8 Å². The van der Waals surface area contributed by atoms with Crippen molar-refractivity contribution in [3.63, 3.8) is 0 Å². The number of aromatic nitrogens is 3. The topological polar surface area (TPSA) is 54.3 Å². The zero-order valence-electron chi connectivity index (χ0n) is 16.7. The number of halogens is 1. The number of amides is 1. The lowest BCUT2D eigenvalue weighted by Crippen LogP contribution is -2.49. The molecule has 0 aliphatic carbocycles. The van der Waals surface area contributed by atoms with Crippen molar-refractivity contribution in [2.45, 2.75) is 0 Å². The maximum atomic E-state index is 13.2. The van der Waals surface area contributed by atoms with E-state index in [0.29, 0.717) is 18.9 Å². The number of carbonyl (C=O) groups is 1. The number of hydrogen-bond donors (Lipinski definition) is 0. The van der Waals surface area contributed by atoms with Crippen molar-refractivity contribution in [2.75, 3.05) is 31.1 Å². The van der Waals surface area contributed by atoms with E-state index in [9.17, 15) is 4.79 Å². The van der Waals surface area contributed by atoms with E-state index >= 15 is 0 Å². The smallest absolute Gasteiger partial charge is 0.293 e. The summed E-state index contributed by atoms with van der Waals surface area (Å²) in [6, 6.07) is 21.6. The van der Waals surface area contributed by atoms with Crippen molar-refractivity contribution < 1.29 is 4.79 Å². The standard InChI is InChI=1S/C23H20ClN5OS/c24-17-8-10-18(11-9-17)27-12-14-28(15-13-27)23(30)21-25-22(20-7-4-16-31-20)29(26-21)19-5-2-1-3-6-19/h1-11,16H,12-15H2. The van der Waals surface area contributed by atoms with E-state index in [0.717, 1.165) is 34.4 Å². The molecule has 2 aromatic carbocycles. The van der Waals surface area contributed by atoms with Crippen molar-refractivity contribution in [3.8, 4) is 16.4 Å². The van der Waals surface area contributed by atoms with Gasteiger partial charge in [-0.05, 0) is 47.8 Å². The Morgan fingerprint density at radius 3 is 2.29 bits per heavy atom. The Hall–Kier alpha value is -3.16. The van der Waals surface area contributed by atoms with E-state index in [1.54, 1.807) is 16.0 Å². The van der Waals surface area contributed by atoms with Gasteiger partial charge >= 0.3 is 0 Å². The van der Waals surface area contributed by atoms with Crippen LogP contribution < -0.4 is 4.90 Å². The Labute approximate surface area is 189 Å². The van der Waals surface area contributed by atoms with Crippen molar-refractivity contribution >= 4 is 34.5 Å². The van der Waals surface area contributed by atoms with Crippen LogP contribution in [0.1, 0.15) is 10.6 Å². The van der Waals surface area contributed by atoms with Crippen LogP contribution in [0.4, 0.5) is 5.69 Å². The van der Waals surface area contributed by atoms with Gasteiger partial charge in [-0.25, -0.2) is 9.67 Å². The highest BCUT2D eigenvalue weighted by atomic mass is 35.5. The maximum absolute atomic E-state index is 13.2. The molecule has 31 heavy (non-hydrogen) atoms. The summed E-state index contributed by atoms with van der Waals surface area (Å²) in [5, 5.41) is 7.31. The zero-order chi connectivity index (χ0) is 21.2. The molecular formula is C23H20ClN5OS. The van der Waals surface area contributed by atoms with Crippen LogP contribution >= 0.6 is 22.9 Å². The van der Waals surface area contributed by atoms with Gasteiger partial charge in [-0.3, -0.25) is 4.79 Å². The summed E-state index contributed by atoms with van der Waals surface area (Å²) in [4.78, 5) is 22.9. The van der Waals surface area contributed by atoms with Crippen LogP contribution in [-0.2, 0) is 0 Å². The average Bonchev–Trinajstić information content (AvgIpc) is 3.50. The summed E-state index contributed by atoms with van der Waals surface area (Å²) in [5.41, 5.74) is 1.99. The third kappa shape index (κ3) is 4.06. The molecule has 3 heterocycles. The number of carbonyl (C=O) groups excluding carboxylic acids is 1. The summed E-state index contributed by atoms with van der Waals surface area (Å²) in [7, 11) is 0. The fourth-order valence-electron chi connectivity index (χ4n) is 3.68. The zero-order valence-corrected chi connectivity index (χ0v) is 18.3.